The molecular weight excluding hydrogens is 321 g/mol. The van der Waals surface area contributed by atoms with Gasteiger partial charge in [0, 0.05) is 16.7 Å². The topological polar surface area (TPSA) is 74.8 Å². The standard InChI is InChI=1S/C11H7BrClN3O2/c12-6-4-8(10(13)14-5-6)16-11(18)7-2-1-3-9(17)15-7/h1-5H,(H,15,17)(H,16,18). The Balaban J connectivity index is 2.26. The van der Waals surface area contributed by atoms with E-state index in [2.05, 4.69) is 31.2 Å². The molecule has 2 rings (SSSR count). The molecule has 0 radical (unpaired) electrons. The summed E-state index contributed by atoms with van der Waals surface area (Å²) >= 11 is 9.06. The Hall–Kier alpha value is -1.66. The summed E-state index contributed by atoms with van der Waals surface area (Å²) in [6.45, 7) is 0. The van der Waals surface area contributed by atoms with Gasteiger partial charge in [-0.2, -0.15) is 0 Å². The maximum Gasteiger partial charge on any atom is 0.272 e. The minimum Gasteiger partial charge on any atom is -0.318 e. The predicted molar refractivity (Wildman–Crippen MR) is 72.0 cm³/mol. The number of hydrogen-bond acceptors (Lipinski definition) is 3. The van der Waals surface area contributed by atoms with Gasteiger partial charge in [0.2, 0.25) is 5.56 Å². The number of aromatic nitrogens is 2. The van der Waals surface area contributed by atoms with Crippen LogP contribution in [0.2, 0.25) is 5.15 Å². The first-order valence-electron chi connectivity index (χ1n) is 4.88. The van der Waals surface area contributed by atoms with E-state index in [4.69, 9.17) is 11.6 Å². The summed E-state index contributed by atoms with van der Waals surface area (Å²) in [4.78, 5) is 29.2. The molecule has 0 aliphatic rings. The molecule has 2 N–H and O–H groups in total. The van der Waals surface area contributed by atoms with Gasteiger partial charge in [-0.1, -0.05) is 17.7 Å². The summed E-state index contributed by atoms with van der Waals surface area (Å²) in [6, 6.07) is 5.93. The number of anilines is 1. The first kappa shape index (κ1) is 12.8. The van der Waals surface area contributed by atoms with Crippen molar-refractivity contribution in [1.29, 1.82) is 0 Å². The molecule has 2 aromatic heterocycles. The van der Waals surface area contributed by atoms with Crippen molar-refractivity contribution >= 4 is 39.1 Å². The molecular formula is C11H7BrClN3O2. The van der Waals surface area contributed by atoms with Gasteiger partial charge in [0.05, 0.1) is 5.69 Å². The number of carbonyl (C=O) groups is 1. The highest BCUT2D eigenvalue weighted by Crippen LogP contribution is 2.23. The molecule has 5 nitrogen and oxygen atoms in total. The van der Waals surface area contributed by atoms with Crippen LogP contribution in [0.5, 0.6) is 0 Å². The number of rotatable bonds is 2. The van der Waals surface area contributed by atoms with Crippen molar-refractivity contribution in [3.05, 3.63) is 56.1 Å². The molecule has 0 spiro atoms. The highest BCUT2D eigenvalue weighted by molar-refractivity contribution is 9.10. The molecule has 2 heterocycles. The van der Waals surface area contributed by atoms with Gasteiger partial charge in [-0.05, 0) is 28.1 Å². The van der Waals surface area contributed by atoms with Crippen LogP contribution in [0, 0.1) is 0 Å². The Morgan fingerprint density at radius 2 is 2.22 bits per heavy atom. The van der Waals surface area contributed by atoms with Crippen molar-refractivity contribution < 1.29 is 4.79 Å². The number of nitrogens with one attached hydrogen (secondary N) is 2. The van der Waals surface area contributed by atoms with E-state index in [0.29, 0.717) is 10.2 Å². The molecule has 0 aliphatic carbocycles. The SMILES string of the molecule is O=C(Nc1cc(Br)cnc1Cl)c1cccc(=O)[nH]1. The molecule has 0 fully saturated rings. The Morgan fingerprint density at radius 3 is 2.94 bits per heavy atom. The van der Waals surface area contributed by atoms with E-state index in [1.165, 1.54) is 24.4 Å². The molecule has 7 heteroatoms. The fraction of sp³-hybridized carbons (Fsp3) is 0. The van der Waals surface area contributed by atoms with Crippen LogP contribution in [0.3, 0.4) is 0 Å². The largest absolute Gasteiger partial charge is 0.318 e. The van der Waals surface area contributed by atoms with Gasteiger partial charge in [0.25, 0.3) is 5.91 Å². The van der Waals surface area contributed by atoms with E-state index in [1.807, 2.05) is 0 Å². The van der Waals surface area contributed by atoms with Crippen LogP contribution in [-0.4, -0.2) is 15.9 Å². The normalized spacial score (nSPS) is 10.1. The third kappa shape index (κ3) is 2.96. The fourth-order valence-electron chi connectivity index (χ4n) is 1.28. The van der Waals surface area contributed by atoms with Crippen LogP contribution >= 0.6 is 27.5 Å². The molecule has 0 saturated heterocycles. The molecule has 0 bridgehead atoms. The highest BCUT2D eigenvalue weighted by atomic mass is 79.9. The summed E-state index contributed by atoms with van der Waals surface area (Å²) in [7, 11) is 0. The molecule has 18 heavy (non-hydrogen) atoms. The molecule has 0 aliphatic heterocycles. The lowest BCUT2D eigenvalue weighted by Crippen LogP contribution is -2.18. The predicted octanol–water partition coefficient (Wildman–Crippen LogP) is 2.44. The number of H-pyrrole nitrogens is 1. The zero-order valence-electron chi connectivity index (χ0n) is 8.91. The Bertz CT molecular complexity index is 657. The van der Waals surface area contributed by atoms with Crippen LogP contribution in [-0.2, 0) is 0 Å². The maximum absolute atomic E-state index is 11.8. The second kappa shape index (κ2) is 5.32. The zero-order chi connectivity index (χ0) is 13.1. The Labute approximate surface area is 115 Å². The number of hydrogen-bond donors (Lipinski definition) is 2. The van der Waals surface area contributed by atoms with Gasteiger partial charge in [-0.25, -0.2) is 4.98 Å². The van der Waals surface area contributed by atoms with E-state index in [0.717, 1.165) is 0 Å². The number of aromatic amines is 1. The number of halogens is 2. The van der Waals surface area contributed by atoms with Gasteiger partial charge in [0.1, 0.15) is 5.69 Å². The molecule has 0 atom stereocenters. The molecule has 0 aromatic carbocycles. The van der Waals surface area contributed by atoms with Crippen molar-refractivity contribution in [2.75, 3.05) is 5.32 Å². The summed E-state index contributed by atoms with van der Waals surface area (Å²) in [5.74, 6) is -0.463. The lowest BCUT2D eigenvalue weighted by Gasteiger charge is -2.06. The van der Waals surface area contributed by atoms with Gasteiger partial charge in [-0.15, -0.1) is 0 Å². The third-order valence-electron chi connectivity index (χ3n) is 2.07. The molecule has 0 unspecified atom stereocenters. The number of carbonyl (C=O) groups excluding carboxylic acids is 1. The van der Waals surface area contributed by atoms with E-state index in [-0.39, 0.29) is 16.4 Å². The summed E-state index contributed by atoms with van der Waals surface area (Å²) < 4.78 is 0.684. The fourth-order valence-corrected chi connectivity index (χ4v) is 1.76. The third-order valence-corrected chi connectivity index (χ3v) is 2.80. The maximum atomic E-state index is 11.8. The van der Waals surface area contributed by atoms with Crippen LogP contribution in [0.15, 0.2) is 39.7 Å². The number of amides is 1. The van der Waals surface area contributed by atoms with Gasteiger partial charge in [0.15, 0.2) is 5.15 Å². The van der Waals surface area contributed by atoms with Crippen LogP contribution < -0.4 is 10.9 Å². The molecule has 92 valence electrons. The summed E-state index contributed by atoms with van der Waals surface area (Å²) in [6.07, 6.45) is 1.52. The number of nitrogens with zero attached hydrogens (tertiary/aromatic N) is 1. The van der Waals surface area contributed by atoms with Crippen molar-refractivity contribution in [3.63, 3.8) is 0 Å². The van der Waals surface area contributed by atoms with Crippen molar-refractivity contribution in [1.82, 2.24) is 9.97 Å². The van der Waals surface area contributed by atoms with E-state index in [1.54, 1.807) is 6.07 Å². The Morgan fingerprint density at radius 1 is 1.44 bits per heavy atom. The average molecular weight is 329 g/mol. The van der Waals surface area contributed by atoms with Crippen molar-refractivity contribution in [3.8, 4) is 0 Å². The van der Waals surface area contributed by atoms with Gasteiger partial charge < -0.3 is 10.3 Å². The Kier molecular flexibility index (Phi) is 3.78. The van der Waals surface area contributed by atoms with Gasteiger partial charge >= 0.3 is 0 Å². The van der Waals surface area contributed by atoms with Crippen molar-refractivity contribution in [2.45, 2.75) is 0 Å². The molecule has 2 aromatic rings. The quantitative estimate of drug-likeness (QED) is 0.832. The van der Waals surface area contributed by atoms with E-state index < -0.39 is 5.91 Å². The zero-order valence-corrected chi connectivity index (χ0v) is 11.2. The average Bonchev–Trinajstić information content (AvgIpc) is 2.34. The highest BCUT2D eigenvalue weighted by Gasteiger charge is 2.10. The monoisotopic (exact) mass is 327 g/mol. The lowest BCUT2D eigenvalue weighted by molar-refractivity contribution is 0.102. The van der Waals surface area contributed by atoms with Gasteiger partial charge in [-0.3, -0.25) is 9.59 Å². The second-order valence-corrected chi connectivity index (χ2v) is 4.65. The lowest BCUT2D eigenvalue weighted by atomic mass is 10.3. The van der Waals surface area contributed by atoms with E-state index >= 15 is 0 Å². The molecule has 1 amide bonds. The molecule has 0 saturated carbocycles. The van der Waals surface area contributed by atoms with Crippen LogP contribution in [0.25, 0.3) is 0 Å². The minimum atomic E-state index is -0.463. The van der Waals surface area contributed by atoms with E-state index in [9.17, 15) is 9.59 Å². The van der Waals surface area contributed by atoms with Crippen LogP contribution in [0.1, 0.15) is 10.5 Å². The second-order valence-electron chi connectivity index (χ2n) is 3.37. The minimum absolute atomic E-state index is 0.151. The number of pyridine rings is 2. The smallest absolute Gasteiger partial charge is 0.272 e. The van der Waals surface area contributed by atoms with Crippen molar-refractivity contribution in [2.24, 2.45) is 0 Å². The first-order valence-corrected chi connectivity index (χ1v) is 6.05. The first-order chi connectivity index (χ1) is 8.56. The van der Waals surface area contributed by atoms with Crippen LogP contribution in [0.4, 0.5) is 5.69 Å². The summed E-state index contributed by atoms with van der Waals surface area (Å²) in [5.41, 5.74) is 0.167. The summed E-state index contributed by atoms with van der Waals surface area (Å²) in [5, 5.41) is 2.73.